The molecule has 18 heavy (non-hydrogen) atoms. The number of H-pyrrole nitrogens is 1. The van der Waals surface area contributed by atoms with Crippen LogP contribution >= 0.6 is 0 Å². The van der Waals surface area contributed by atoms with Gasteiger partial charge >= 0.3 is 0 Å². The maximum Gasteiger partial charge on any atom is 0.115 e. The molecule has 2 aromatic rings. The number of hydrogen-bond acceptors (Lipinski definition) is 3. The molecule has 3 N–H and O–H groups in total. The highest BCUT2D eigenvalue weighted by Gasteiger charge is 2.17. The SMILES string of the molecule is COCc1nc(C(CN)c2ccccc2)[nH]c1C. The predicted molar refractivity (Wildman–Crippen MR) is 71.4 cm³/mol. The van der Waals surface area contributed by atoms with E-state index in [-0.39, 0.29) is 5.92 Å². The summed E-state index contributed by atoms with van der Waals surface area (Å²) < 4.78 is 5.13. The lowest BCUT2D eigenvalue weighted by atomic mass is 9.99. The Morgan fingerprint density at radius 1 is 1.33 bits per heavy atom. The van der Waals surface area contributed by atoms with Crippen molar-refractivity contribution in [2.75, 3.05) is 13.7 Å². The number of rotatable bonds is 5. The van der Waals surface area contributed by atoms with Crippen molar-refractivity contribution in [3.8, 4) is 0 Å². The van der Waals surface area contributed by atoms with E-state index in [0.717, 1.165) is 17.2 Å². The Morgan fingerprint density at radius 3 is 2.67 bits per heavy atom. The number of methoxy groups -OCH3 is 1. The number of aromatic nitrogens is 2. The Kier molecular flexibility index (Phi) is 4.12. The molecule has 96 valence electrons. The molecule has 0 radical (unpaired) electrons. The molecule has 0 amide bonds. The summed E-state index contributed by atoms with van der Waals surface area (Å²) in [6.07, 6.45) is 0. The lowest BCUT2D eigenvalue weighted by molar-refractivity contribution is 0.181. The van der Waals surface area contributed by atoms with Gasteiger partial charge in [0.1, 0.15) is 5.82 Å². The summed E-state index contributed by atoms with van der Waals surface area (Å²) in [4.78, 5) is 7.89. The van der Waals surface area contributed by atoms with Crippen molar-refractivity contribution < 1.29 is 4.74 Å². The zero-order valence-corrected chi connectivity index (χ0v) is 10.8. The minimum atomic E-state index is 0.107. The van der Waals surface area contributed by atoms with Gasteiger partial charge < -0.3 is 15.5 Å². The van der Waals surface area contributed by atoms with E-state index in [1.54, 1.807) is 7.11 Å². The van der Waals surface area contributed by atoms with Crippen LogP contribution in [0.5, 0.6) is 0 Å². The fourth-order valence-corrected chi connectivity index (χ4v) is 2.05. The molecule has 1 aromatic carbocycles. The van der Waals surface area contributed by atoms with Gasteiger partial charge in [0.25, 0.3) is 0 Å². The van der Waals surface area contributed by atoms with E-state index < -0.39 is 0 Å². The molecule has 1 atom stereocenters. The summed E-state index contributed by atoms with van der Waals surface area (Å²) in [7, 11) is 1.67. The minimum Gasteiger partial charge on any atom is -0.378 e. The monoisotopic (exact) mass is 245 g/mol. The standard InChI is InChI=1S/C14H19N3O/c1-10-13(9-18-2)17-14(16-10)12(8-15)11-6-4-3-5-7-11/h3-7,12H,8-9,15H2,1-2H3,(H,16,17). The normalized spacial score (nSPS) is 12.6. The smallest absolute Gasteiger partial charge is 0.115 e. The number of nitrogens with zero attached hydrogens (tertiary/aromatic N) is 1. The van der Waals surface area contributed by atoms with Crippen LogP contribution in [0.1, 0.15) is 28.7 Å². The van der Waals surface area contributed by atoms with E-state index in [1.807, 2.05) is 25.1 Å². The van der Waals surface area contributed by atoms with Crippen molar-refractivity contribution in [2.45, 2.75) is 19.4 Å². The molecule has 1 aromatic heterocycles. The molecule has 0 saturated carbocycles. The van der Waals surface area contributed by atoms with Crippen LogP contribution in [0.3, 0.4) is 0 Å². The number of nitrogens with one attached hydrogen (secondary N) is 1. The molecule has 0 fully saturated rings. The fourth-order valence-electron chi connectivity index (χ4n) is 2.05. The fraction of sp³-hybridized carbons (Fsp3) is 0.357. The topological polar surface area (TPSA) is 63.9 Å². The number of imidazole rings is 1. The van der Waals surface area contributed by atoms with Crippen molar-refractivity contribution in [3.63, 3.8) is 0 Å². The van der Waals surface area contributed by atoms with Gasteiger partial charge in [-0.25, -0.2) is 4.98 Å². The number of hydrogen-bond donors (Lipinski definition) is 2. The van der Waals surface area contributed by atoms with E-state index in [9.17, 15) is 0 Å². The quantitative estimate of drug-likeness (QED) is 0.846. The van der Waals surface area contributed by atoms with Gasteiger partial charge in [0, 0.05) is 19.3 Å². The number of ether oxygens (including phenoxy) is 1. The third-order valence-electron chi connectivity index (χ3n) is 3.05. The van der Waals surface area contributed by atoms with Crippen LogP contribution in [-0.4, -0.2) is 23.6 Å². The van der Waals surface area contributed by atoms with Crippen LogP contribution < -0.4 is 5.73 Å². The molecule has 0 saturated heterocycles. The van der Waals surface area contributed by atoms with Gasteiger partial charge in [-0.15, -0.1) is 0 Å². The Morgan fingerprint density at radius 2 is 2.06 bits per heavy atom. The molecule has 1 heterocycles. The van der Waals surface area contributed by atoms with Gasteiger partial charge in [-0.2, -0.15) is 0 Å². The van der Waals surface area contributed by atoms with Crippen LogP contribution in [-0.2, 0) is 11.3 Å². The van der Waals surface area contributed by atoms with Crippen molar-refractivity contribution in [2.24, 2.45) is 5.73 Å². The van der Waals surface area contributed by atoms with Gasteiger partial charge in [0.05, 0.1) is 18.2 Å². The molecule has 0 aliphatic carbocycles. The summed E-state index contributed by atoms with van der Waals surface area (Å²) in [5, 5.41) is 0. The summed E-state index contributed by atoms with van der Waals surface area (Å²) in [6.45, 7) is 3.06. The van der Waals surface area contributed by atoms with E-state index in [4.69, 9.17) is 10.5 Å². The summed E-state index contributed by atoms with van der Waals surface area (Å²) in [5.41, 5.74) is 9.05. The average Bonchev–Trinajstić information content (AvgIpc) is 2.74. The van der Waals surface area contributed by atoms with Crippen LogP contribution in [0.25, 0.3) is 0 Å². The van der Waals surface area contributed by atoms with Gasteiger partial charge in [0.2, 0.25) is 0 Å². The largest absolute Gasteiger partial charge is 0.378 e. The number of benzene rings is 1. The highest BCUT2D eigenvalue weighted by molar-refractivity contribution is 5.28. The molecule has 2 rings (SSSR count). The van der Waals surface area contributed by atoms with Gasteiger partial charge in [-0.05, 0) is 12.5 Å². The Bertz CT molecular complexity index is 493. The molecule has 0 aliphatic heterocycles. The maximum absolute atomic E-state index is 5.88. The summed E-state index contributed by atoms with van der Waals surface area (Å²) >= 11 is 0. The van der Waals surface area contributed by atoms with Gasteiger partial charge in [0.15, 0.2) is 0 Å². The van der Waals surface area contributed by atoms with Gasteiger partial charge in [-0.3, -0.25) is 0 Å². The van der Waals surface area contributed by atoms with E-state index in [0.29, 0.717) is 13.2 Å². The molecular weight excluding hydrogens is 226 g/mol. The van der Waals surface area contributed by atoms with Crippen LogP contribution in [0.15, 0.2) is 30.3 Å². The van der Waals surface area contributed by atoms with Crippen molar-refractivity contribution in [3.05, 3.63) is 53.1 Å². The van der Waals surface area contributed by atoms with Gasteiger partial charge in [-0.1, -0.05) is 30.3 Å². The molecule has 0 aliphatic rings. The number of aromatic amines is 1. The van der Waals surface area contributed by atoms with Crippen molar-refractivity contribution in [1.29, 1.82) is 0 Å². The summed E-state index contributed by atoms with van der Waals surface area (Å²) in [6, 6.07) is 10.2. The third-order valence-corrected chi connectivity index (χ3v) is 3.05. The van der Waals surface area contributed by atoms with E-state index >= 15 is 0 Å². The molecule has 4 heteroatoms. The lowest BCUT2D eigenvalue weighted by Crippen LogP contribution is -2.15. The number of nitrogens with two attached hydrogens (primary N) is 1. The molecule has 0 spiro atoms. The van der Waals surface area contributed by atoms with E-state index in [2.05, 4.69) is 22.1 Å². The highest BCUT2D eigenvalue weighted by Crippen LogP contribution is 2.22. The first-order valence-corrected chi connectivity index (χ1v) is 6.05. The second-order valence-corrected chi connectivity index (χ2v) is 4.33. The molecular formula is C14H19N3O. The zero-order valence-electron chi connectivity index (χ0n) is 10.8. The second-order valence-electron chi connectivity index (χ2n) is 4.33. The van der Waals surface area contributed by atoms with Crippen LogP contribution in [0.2, 0.25) is 0 Å². The van der Waals surface area contributed by atoms with Crippen LogP contribution in [0, 0.1) is 6.92 Å². The number of aryl methyl sites for hydroxylation is 1. The zero-order chi connectivity index (χ0) is 13.0. The first kappa shape index (κ1) is 12.8. The molecule has 4 nitrogen and oxygen atoms in total. The summed E-state index contributed by atoms with van der Waals surface area (Å²) in [5.74, 6) is 1.02. The minimum absolute atomic E-state index is 0.107. The maximum atomic E-state index is 5.88. The first-order valence-electron chi connectivity index (χ1n) is 6.05. The Hall–Kier alpha value is -1.65. The van der Waals surface area contributed by atoms with Crippen LogP contribution in [0.4, 0.5) is 0 Å². The van der Waals surface area contributed by atoms with E-state index in [1.165, 1.54) is 5.56 Å². The highest BCUT2D eigenvalue weighted by atomic mass is 16.5. The van der Waals surface area contributed by atoms with Crippen molar-refractivity contribution >= 4 is 0 Å². The molecule has 1 unspecified atom stereocenters. The third kappa shape index (κ3) is 2.60. The first-order chi connectivity index (χ1) is 8.76. The Balaban J connectivity index is 2.31. The Labute approximate surface area is 107 Å². The second kappa shape index (κ2) is 5.80. The lowest BCUT2D eigenvalue weighted by Gasteiger charge is -2.12. The average molecular weight is 245 g/mol. The predicted octanol–water partition coefficient (Wildman–Crippen LogP) is 1.96. The van der Waals surface area contributed by atoms with Crippen molar-refractivity contribution in [1.82, 2.24) is 9.97 Å². The molecule has 0 bridgehead atoms.